The highest BCUT2D eigenvalue weighted by molar-refractivity contribution is 9.10. The fourth-order valence-corrected chi connectivity index (χ4v) is 3.07. The lowest BCUT2D eigenvalue weighted by Gasteiger charge is -2.27. The predicted octanol–water partition coefficient (Wildman–Crippen LogP) is 4.22. The molecule has 1 saturated carbocycles. The van der Waals surface area contributed by atoms with Gasteiger partial charge in [-0.3, -0.25) is 0 Å². The first-order valence-electron chi connectivity index (χ1n) is 7.81. The summed E-state index contributed by atoms with van der Waals surface area (Å²) in [6.45, 7) is 6.73. The molecule has 0 aromatic heterocycles. The van der Waals surface area contributed by atoms with Gasteiger partial charge in [0.1, 0.15) is 0 Å². The molecule has 0 spiro atoms. The number of halogens is 1. The van der Waals surface area contributed by atoms with E-state index in [2.05, 4.69) is 71.3 Å². The Kier molecular flexibility index (Phi) is 6.06. The second kappa shape index (κ2) is 7.58. The van der Waals surface area contributed by atoms with E-state index in [1.54, 1.807) is 0 Å². The van der Waals surface area contributed by atoms with Crippen LogP contribution < -0.4 is 5.32 Å². The molecule has 1 N–H and O–H groups in total. The van der Waals surface area contributed by atoms with Gasteiger partial charge >= 0.3 is 0 Å². The Bertz CT molecular complexity index is 400. The van der Waals surface area contributed by atoms with Gasteiger partial charge in [-0.25, -0.2) is 0 Å². The summed E-state index contributed by atoms with van der Waals surface area (Å²) in [7, 11) is 2.27. The molecule has 0 radical (unpaired) electrons. The number of hydrogen-bond donors (Lipinski definition) is 1. The van der Waals surface area contributed by atoms with Crippen LogP contribution >= 0.6 is 15.9 Å². The molecule has 0 heterocycles. The molecule has 2 rings (SSSR count). The lowest BCUT2D eigenvalue weighted by atomic mass is 10.0. The molecule has 1 fully saturated rings. The molecule has 1 aliphatic rings. The third-order valence-electron chi connectivity index (χ3n) is 4.49. The van der Waals surface area contributed by atoms with Gasteiger partial charge in [-0.05, 0) is 69.9 Å². The Labute approximate surface area is 132 Å². The zero-order valence-electron chi connectivity index (χ0n) is 12.9. The molecule has 1 aromatic carbocycles. The highest BCUT2D eigenvalue weighted by Gasteiger charge is 2.30. The second-order valence-electron chi connectivity index (χ2n) is 6.01. The van der Waals surface area contributed by atoms with Crippen molar-refractivity contribution in [3.8, 4) is 0 Å². The van der Waals surface area contributed by atoms with Crippen molar-refractivity contribution in [3.05, 3.63) is 34.3 Å². The number of hydrogen-bond acceptors (Lipinski definition) is 2. The Balaban J connectivity index is 1.89. The second-order valence-corrected chi connectivity index (χ2v) is 6.92. The molecule has 3 heteroatoms. The van der Waals surface area contributed by atoms with Gasteiger partial charge in [0.05, 0.1) is 0 Å². The number of benzene rings is 1. The minimum atomic E-state index is 0.460. The summed E-state index contributed by atoms with van der Waals surface area (Å²) < 4.78 is 1.15. The third-order valence-corrected chi connectivity index (χ3v) is 5.02. The van der Waals surface area contributed by atoms with E-state index in [9.17, 15) is 0 Å². The summed E-state index contributed by atoms with van der Waals surface area (Å²) in [5, 5.41) is 3.62. The summed E-state index contributed by atoms with van der Waals surface area (Å²) in [5.74, 6) is 0.949. The Morgan fingerprint density at radius 1 is 1.30 bits per heavy atom. The number of nitrogens with zero attached hydrogens (tertiary/aromatic N) is 1. The van der Waals surface area contributed by atoms with Crippen molar-refractivity contribution < 1.29 is 0 Å². The van der Waals surface area contributed by atoms with Crippen molar-refractivity contribution in [3.63, 3.8) is 0 Å². The van der Waals surface area contributed by atoms with E-state index >= 15 is 0 Å². The van der Waals surface area contributed by atoms with Gasteiger partial charge in [-0.2, -0.15) is 0 Å². The molecule has 2 unspecified atom stereocenters. The molecular weight excluding hydrogens is 312 g/mol. The largest absolute Gasteiger partial charge is 0.310 e. The standard InChI is InChI=1S/C17H27BrN2/c1-4-19-17(15-7-9-16(18)10-8-15)11-12-20(3)13(2)14-5-6-14/h7-10,13-14,17,19H,4-6,11-12H2,1-3H3. The SMILES string of the molecule is CCNC(CCN(C)C(C)C1CC1)c1ccc(Br)cc1. The van der Waals surface area contributed by atoms with E-state index in [0.717, 1.165) is 29.5 Å². The van der Waals surface area contributed by atoms with Crippen LogP contribution in [0.1, 0.15) is 44.7 Å². The first kappa shape index (κ1) is 16.0. The van der Waals surface area contributed by atoms with Gasteiger partial charge in [0.15, 0.2) is 0 Å². The van der Waals surface area contributed by atoms with Gasteiger partial charge < -0.3 is 10.2 Å². The van der Waals surface area contributed by atoms with Crippen molar-refractivity contribution in [2.75, 3.05) is 20.1 Å². The van der Waals surface area contributed by atoms with E-state index in [1.807, 2.05) is 0 Å². The average Bonchev–Trinajstić information content (AvgIpc) is 3.28. The van der Waals surface area contributed by atoms with E-state index in [0.29, 0.717) is 6.04 Å². The zero-order chi connectivity index (χ0) is 14.5. The van der Waals surface area contributed by atoms with Crippen LogP contribution in [0.5, 0.6) is 0 Å². The van der Waals surface area contributed by atoms with Crippen LogP contribution in [0.3, 0.4) is 0 Å². The van der Waals surface area contributed by atoms with Crippen LogP contribution in [0, 0.1) is 5.92 Å². The van der Waals surface area contributed by atoms with Crippen molar-refractivity contribution in [1.82, 2.24) is 10.2 Å². The Morgan fingerprint density at radius 2 is 1.95 bits per heavy atom. The predicted molar refractivity (Wildman–Crippen MR) is 90.0 cm³/mol. The lowest BCUT2D eigenvalue weighted by Crippen LogP contribution is -2.34. The smallest absolute Gasteiger partial charge is 0.0332 e. The fourth-order valence-electron chi connectivity index (χ4n) is 2.80. The van der Waals surface area contributed by atoms with E-state index in [1.165, 1.54) is 24.8 Å². The maximum atomic E-state index is 3.62. The lowest BCUT2D eigenvalue weighted by molar-refractivity contribution is 0.222. The van der Waals surface area contributed by atoms with Gasteiger partial charge in [-0.1, -0.05) is 35.0 Å². The summed E-state index contributed by atoms with van der Waals surface area (Å²) in [5.41, 5.74) is 1.39. The van der Waals surface area contributed by atoms with Crippen LogP contribution in [-0.4, -0.2) is 31.1 Å². The third kappa shape index (κ3) is 4.57. The normalized spacial score (nSPS) is 18.2. The van der Waals surface area contributed by atoms with Gasteiger partial charge in [0.2, 0.25) is 0 Å². The van der Waals surface area contributed by atoms with Crippen molar-refractivity contribution in [2.45, 2.75) is 45.2 Å². The topological polar surface area (TPSA) is 15.3 Å². The van der Waals surface area contributed by atoms with Gasteiger partial charge in [0, 0.05) is 16.6 Å². The Morgan fingerprint density at radius 3 is 2.50 bits per heavy atom. The van der Waals surface area contributed by atoms with Gasteiger partial charge in [0.25, 0.3) is 0 Å². The zero-order valence-corrected chi connectivity index (χ0v) is 14.5. The van der Waals surface area contributed by atoms with Crippen LogP contribution in [0.15, 0.2) is 28.7 Å². The molecule has 0 amide bonds. The highest BCUT2D eigenvalue weighted by Crippen LogP contribution is 2.34. The molecular formula is C17H27BrN2. The van der Waals surface area contributed by atoms with Gasteiger partial charge in [-0.15, -0.1) is 0 Å². The van der Waals surface area contributed by atoms with E-state index < -0.39 is 0 Å². The average molecular weight is 339 g/mol. The molecule has 1 aromatic rings. The van der Waals surface area contributed by atoms with Crippen molar-refractivity contribution in [2.24, 2.45) is 5.92 Å². The minimum Gasteiger partial charge on any atom is -0.310 e. The van der Waals surface area contributed by atoms with Crippen molar-refractivity contribution >= 4 is 15.9 Å². The van der Waals surface area contributed by atoms with E-state index in [4.69, 9.17) is 0 Å². The quantitative estimate of drug-likeness (QED) is 0.763. The summed E-state index contributed by atoms with van der Waals surface area (Å²) in [6.07, 6.45) is 4.02. The summed E-state index contributed by atoms with van der Waals surface area (Å²) in [6, 6.07) is 9.92. The van der Waals surface area contributed by atoms with Crippen LogP contribution in [0.2, 0.25) is 0 Å². The van der Waals surface area contributed by atoms with E-state index in [-0.39, 0.29) is 0 Å². The summed E-state index contributed by atoms with van der Waals surface area (Å²) >= 11 is 3.51. The Hall–Kier alpha value is -0.380. The molecule has 1 aliphatic carbocycles. The molecule has 20 heavy (non-hydrogen) atoms. The van der Waals surface area contributed by atoms with Crippen LogP contribution in [0.25, 0.3) is 0 Å². The van der Waals surface area contributed by atoms with Crippen LogP contribution in [-0.2, 0) is 0 Å². The van der Waals surface area contributed by atoms with Crippen molar-refractivity contribution in [1.29, 1.82) is 0 Å². The maximum Gasteiger partial charge on any atom is 0.0332 e. The molecule has 2 nitrogen and oxygen atoms in total. The molecule has 2 atom stereocenters. The highest BCUT2D eigenvalue weighted by atomic mass is 79.9. The fraction of sp³-hybridized carbons (Fsp3) is 0.647. The first-order chi connectivity index (χ1) is 9.61. The number of rotatable bonds is 8. The summed E-state index contributed by atoms with van der Waals surface area (Å²) in [4.78, 5) is 2.53. The molecule has 0 saturated heterocycles. The first-order valence-corrected chi connectivity index (χ1v) is 8.60. The monoisotopic (exact) mass is 338 g/mol. The molecule has 0 aliphatic heterocycles. The maximum absolute atomic E-state index is 3.62. The molecule has 112 valence electrons. The number of nitrogens with one attached hydrogen (secondary N) is 1. The van der Waals surface area contributed by atoms with Crippen LogP contribution in [0.4, 0.5) is 0 Å². The minimum absolute atomic E-state index is 0.460. The molecule has 0 bridgehead atoms.